The molecule has 0 aliphatic rings. The fourth-order valence-electron chi connectivity index (χ4n) is 2.25. The molecule has 0 aliphatic carbocycles. The summed E-state index contributed by atoms with van der Waals surface area (Å²) in [6.45, 7) is 0.358. The van der Waals surface area contributed by atoms with Gasteiger partial charge in [0.15, 0.2) is 0 Å². The van der Waals surface area contributed by atoms with Crippen LogP contribution in [0.2, 0.25) is 5.02 Å². The van der Waals surface area contributed by atoms with Crippen LogP contribution in [0.25, 0.3) is 0 Å². The summed E-state index contributed by atoms with van der Waals surface area (Å²) >= 11 is 5.77. The third-order valence-electron chi connectivity index (χ3n) is 3.57. The molecule has 1 unspecified atom stereocenters. The molecule has 0 aliphatic heterocycles. The van der Waals surface area contributed by atoms with Crippen molar-refractivity contribution in [1.82, 2.24) is 14.9 Å². The molecular formula is C15H17ClF3N3O. The van der Waals surface area contributed by atoms with Gasteiger partial charge in [-0.15, -0.1) is 0 Å². The summed E-state index contributed by atoms with van der Waals surface area (Å²) in [4.78, 5) is 3.65. The molecule has 126 valence electrons. The second-order valence-electron chi connectivity index (χ2n) is 5.27. The van der Waals surface area contributed by atoms with E-state index in [1.54, 1.807) is 24.3 Å². The smallest absolute Gasteiger partial charge is 0.374 e. The molecule has 0 saturated carbocycles. The second-order valence-corrected chi connectivity index (χ2v) is 5.71. The van der Waals surface area contributed by atoms with Crippen LogP contribution in [0.1, 0.15) is 17.8 Å². The Bertz CT molecular complexity index is 642. The number of nitrogens with one attached hydrogen (secondary N) is 1. The minimum Gasteiger partial charge on any atom is -0.374 e. The van der Waals surface area contributed by atoms with Crippen LogP contribution in [-0.4, -0.2) is 27.4 Å². The van der Waals surface area contributed by atoms with Crippen LogP contribution in [0, 0.1) is 0 Å². The van der Waals surface area contributed by atoms with Crippen LogP contribution in [-0.2, 0) is 19.2 Å². The fraction of sp³-hybridized carbons (Fsp3) is 0.400. The highest BCUT2D eigenvalue weighted by molar-refractivity contribution is 6.30. The average molecular weight is 348 g/mol. The topological polar surface area (TPSA) is 50.1 Å². The molecule has 1 aromatic carbocycles. The van der Waals surface area contributed by atoms with Crippen molar-refractivity contribution >= 4 is 11.6 Å². The summed E-state index contributed by atoms with van der Waals surface area (Å²) in [5.74, 6) is -0.418. The Kier molecular flexibility index (Phi) is 5.33. The first kappa shape index (κ1) is 17.8. The van der Waals surface area contributed by atoms with Gasteiger partial charge in [0.1, 0.15) is 5.82 Å². The lowest BCUT2D eigenvalue weighted by molar-refractivity contribution is -0.272. The van der Waals surface area contributed by atoms with E-state index in [-0.39, 0.29) is 6.54 Å². The summed E-state index contributed by atoms with van der Waals surface area (Å²) in [6, 6.07) is 6.98. The van der Waals surface area contributed by atoms with Gasteiger partial charge >= 0.3 is 6.18 Å². The fourth-order valence-corrected chi connectivity index (χ4v) is 2.37. The van der Waals surface area contributed by atoms with Crippen molar-refractivity contribution in [2.24, 2.45) is 7.05 Å². The number of benzene rings is 1. The van der Waals surface area contributed by atoms with Gasteiger partial charge in [-0.1, -0.05) is 23.7 Å². The Morgan fingerprint density at radius 2 is 1.91 bits per heavy atom. The van der Waals surface area contributed by atoms with Crippen LogP contribution < -0.4 is 5.32 Å². The number of nitrogens with zero attached hydrogens (tertiary/aromatic N) is 2. The van der Waals surface area contributed by atoms with Crippen molar-refractivity contribution in [2.75, 3.05) is 6.54 Å². The molecule has 0 bridgehead atoms. The van der Waals surface area contributed by atoms with Crippen LogP contribution >= 0.6 is 11.6 Å². The van der Waals surface area contributed by atoms with Crippen LogP contribution in [0.5, 0.6) is 0 Å². The predicted molar refractivity (Wildman–Crippen MR) is 80.9 cm³/mol. The molecule has 4 nitrogen and oxygen atoms in total. The van der Waals surface area contributed by atoms with E-state index in [9.17, 15) is 18.3 Å². The van der Waals surface area contributed by atoms with Gasteiger partial charge in [-0.25, -0.2) is 4.98 Å². The van der Waals surface area contributed by atoms with Crippen molar-refractivity contribution in [3.63, 3.8) is 0 Å². The number of aliphatic hydroxyl groups is 1. The first-order valence-corrected chi connectivity index (χ1v) is 7.34. The third kappa shape index (κ3) is 4.04. The molecule has 23 heavy (non-hydrogen) atoms. The number of halogens is 4. The molecule has 0 fully saturated rings. The van der Waals surface area contributed by atoms with Gasteiger partial charge in [0.2, 0.25) is 5.60 Å². The van der Waals surface area contributed by atoms with Crippen LogP contribution in [0.15, 0.2) is 36.7 Å². The minimum atomic E-state index is -4.81. The van der Waals surface area contributed by atoms with E-state index in [1.807, 2.05) is 0 Å². The molecule has 1 aromatic heterocycles. The van der Waals surface area contributed by atoms with Crippen LogP contribution in [0.3, 0.4) is 0 Å². The first-order valence-electron chi connectivity index (χ1n) is 6.96. The Hall–Kier alpha value is -1.57. The Balaban J connectivity index is 2.00. The van der Waals surface area contributed by atoms with Crippen molar-refractivity contribution in [3.05, 3.63) is 53.1 Å². The maximum Gasteiger partial charge on any atom is 0.424 e. The molecule has 2 aromatic rings. The first-order chi connectivity index (χ1) is 10.7. The standard InChI is InChI=1S/C15H17ClF3N3O/c1-22-9-8-21-13(22)14(23,15(17,18)19)6-7-20-10-11-2-4-12(16)5-3-11/h2-5,8-9,20,23H,6-7,10H2,1H3. The Labute approximate surface area is 136 Å². The van der Waals surface area contributed by atoms with Crippen molar-refractivity contribution in [2.45, 2.75) is 24.7 Å². The number of rotatable bonds is 6. The van der Waals surface area contributed by atoms with E-state index in [1.165, 1.54) is 24.0 Å². The number of aromatic nitrogens is 2. The van der Waals surface area contributed by atoms with Gasteiger partial charge in [0, 0.05) is 37.4 Å². The number of imidazole rings is 1. The average Bonchev–Trinajstić information content (AvgIpc) is 2.90. The summed E-state index contributed by atoms with van der Waals surface area (Å²) < 4.78 is 41.1. The van der Waals surface area contributed by atoms with Crippen molar-refractivity contribution in [1.29, 1.82) is 0 Å². The maximum atomic E-state index is 13.3. The highest BCUT2D eigenvalue weighted by Gasteiger charge is 2.56. The molecule has 8 heteroatoms. The van der Waals surface area contributed by atoms with Gasteiger partial charge in [-0.3, -0.25) is 0 Å². The number of hydrogen-bond donors (Lipinski definition) is 2. The number of alkyl halides is 3. The largest absolute Gasteiger partial charge is 0.424 e. The summed E-state index contributed by atoms with van der Waals surface area (Å²) in [6.07, 6.45) is -2.75. The summed E-state index contributed by atoms with van der Waals surface area (Å²) in [7, 11) is 1.42. The molecule has 2 rings (SSSR count). The van der Waals surface area contributed by atoms with Crippen LogP contribution in [0.4, 0.5) is 13.2 Å². The minimum absolute atomic E-state index is 0.0223. The Morgan fingerprint density at radius 3 is 2.43 bits per heavy atom. The van der Waals surface area contributed by atoms with E-state index in [0.29, 0.717) is 11.6 Å². The molecule has 0 radical (unpaired) electrons. The monoisotopic (exact) mass is 347 g/mol. The molecule has 1 atom stereocenters. The van der Waals surface area contributed by atoms with Gasteiger partial charge in [-0.05, 0) is 24.2 Å². The summed E-state index contributed by atoms with van der Waals surface area (Å²) in [5, 5.41) is 13.6. The lowest BCUT2D eigenvalue weighted by Crippen LogP contribution is -2.46. The molecule has 1 heterocycles. The number of aryl methyl sites for hydroxylation is 1. The molecule has 2 N–H and O–H groups in total. The highest BCUT2D eigenvalue weighted by Crippen LogP contribution is 2.40. The predicted octanol–water partition coefficient (Wildman–Crippen LogP) is 3.00. The van der Waals surface area contributed by atoms with Gasteiger partial charge in [-0.2, -0.15) is 13.2 Å². The SMILES string of the molecule is Cn1ccnc1C(O)(CCNCc1ccc(Cl)cc1)C(F)(F)F. The lowest BCUT2D eigenvalue weighted by Gasteiger charge is -2.30. The van der Waals surface area contributed by atoms with E-state index in [2.05, 4.69) is 10.3 Å². The van der Waals surface area contributed by atoms with E-state index < -0.39 is 24.0 Å². The molecular weight excluding hydrogens is 331 g/mol. The quantitative estimate of drug-likeness (QED) is 0.790. The van der Waals surface area contributed by atoms with Gasteiger partial charge in [0.05, 0.1) is 0 Å². The van der Waals surface area contributed by atoms with E-state index in [4.69, 9.17) is 11.6 Å². The van der Waals surface area contributed by atoms with Gasteiger partial charge < -0.3 is 15.0 Å². The third-order valence-corrected chi connectivity index (χ3v) is 3.82. The summed E-state index contributed by atoms with van der Waals surface area (Å²) in [5.41, 5.74) is -2.10. The van der Waals surface area contributed by atoms with E-state index >= 15 is 0 Å². The van der Waals surface area contributed by atoms with Crippen molar-refractivity contribution in [3.8, 4) is 0 Å². The zero-order chi connectivity index (χ0) is 17.1. The van der Waals surface area contributed by atoms with Gasteiger partial charge in [0.25, 0.3) is 0 Å². The molecule has 0 saturated heterocycles. The molecule has 0 spiro atoms. The zero-order valence-electron chi connectivity index (χ0n) is 12.4. The molecule has 0 amide bonds. The zero-order valence-corrected chi connectivity index (χ0v) is 13.2. The van der Waals surface area contributed by atoms with E-state index in [0.717, 1.165) is 5.56 Å². The normalized spacial score (nSPS) is 14.7. The lowest BCUT2D eigenvalue weighted by atomic mass is 9.97. The Morgan fingerprint density at radius 1 is 1.26 bits per heavy atom. The number of hydrogen-bond acceptors (Lipinski definition) is 3. The van der Waals surface area contributed by atoms with Crippen molar-refractivity contribution < 1.29 is 18.3 Å². The highest BCUT2D eigenvalue weighted by atomic mass is 35.5. The second kappa shape index (κ2) is 6.90. The maximum absolute atomic E-state index is 13.3.